The molecular formula is C10H13FN2O3. The molecule has 0 aliphatic rings. The van der Waals surface area contributed by atoms with E-state index in [9.17, 15) is 9.18 Å². The van der Waals surface area contributed by atoms with Gasteiger partial charge in [0.05, 0.1) is 7.11 Å². The van der Waals surface area contributed by atoms with Crippen molar-refractivity contribution in [2.24, 2.45) is 5.73 Å². The molecule has 0 aliphatic carbocycles. The van der Waals surface area contributed by atoms with Crippen LogP contribution in [-0.2, 0) is 16.2 Å². The van der Waals surface area contributed by atoms with E-state index in [0.717, 1.165) is 0 Å². The van der Waals surface area contributed by atoms with Gasteiger partial charge < -0.3 is 10.5 Å². The minimum Gasteiger partial charge on any atom is -0.494 e. The number of ether oxygens (including phenoxy) is 1. The SMILES string of the molecule is COc1cccc(CNOCC(N)=O)c1F. The summed E-state index contributed by atoms with van der Waals surface area (Å²) < 4.78 is 18.4. The van der Waals surface area contributed by atoms with Crippen LogP contribution in [-0.4, -0.2) is 19.6 Å². The third-order valence-electron chi connectivity index (χ3n) is 1.84. The van der Waals surface area contributed by atoms with E-state index in [2.05, 4.69) is 5.48 Å². The van der Waals surface area contributed by atoms with Crippen LogP contribution in [0.1, 0.15) is 5.56 Å². The van der Waals surface area contributed by atoms with Crippen molar-refractivity contribution in [3.05, 3.63) is 29.6 Å². The molecule has 0 unspecified atom stereocenters. The van der Waals surface area contributed by atoms with Gasteiger partial charge in [-0.15, -0.1) is 0 Å². The maximum atomic E-state index is 13.5. The van der Waals surface area contributed by atoms with Gasteiger partial charge in [-0.25, -0.2) is 4.39 Å². The number of carbonyl (C=O) groups is 1. The highest BCUT2D eigenvalue weighted by atomic mass is 19.1. The number of hydroxylamine groups is 1. The van der Waals surface area contributed by atoms with E-state index in [-0.39, 0.29) is 18.9 Å². The van der Waals surface area contributed by atoms with Crippen molar-refractivity contribution < 1.29 is 18.8 Å². The first-order chi connectivity index (χ1) is 7.65. The Morgan fingerprint density at radius 1 is 1.56 bits per heavy atom. The zero-order valence-electron chi connectivity index (χ0n) is 8.83. The van der Waals surface area contributed by atoms with Crippen molar-refractivity contribution in [3.63, 3.8) is 0 Å². The Balaban J connectivity index is 2.50. The largest absolute Gasteiger partial charge is 0.494 e. The van der Waals surface area contributed by atoms with E-state index in [1.807, 2.05) is 0 Å². The number of methoxy groups -OCH3 is 1. The Morgan fingerprint density at radius 2 is 2.31 bits per heavy atom. The highest BCUT2D eigenvalue weighted by Gasteiger charge is 2.07. The van der Waals surface area contributed by atoms with Crippen molar-refractivity contribution >= 4 is 5.91 Å². The third kappa shape index (κ3) is 3.48. The number of benzene rings is 1. The van der Waals surface area contributed by atoms with Crippen LogP contribution in [0, 0.1) is 5.82 Å². The molecule has 0 spiro atoms. The van der Waals surface area contributed by atoms with Crippen molar-refractivity contribution in [2.75, 3.05) is 13.7 Å². The van der Waals surface area contributed by atoms with Crippen molar-refractivity contribution in [1.82, 2.24) is 5.48 Å². The van der Waals surface area contributed by atoms with Gasteiger partial charge >= 0.3 is 0 Å². The molecule has 1 aromatic rings. The number of nitrogens with one attached hydrogen (secondary N) is 1. The van der Waals surface area contributed by atoms with Crippen LogP contribution in [0.3, 0.4) is 0 Å². The van der Waals surface area contributed by atoms with E-state index in [4.69, 9.17) is 15.3 Å². The van der Waals surface area contributed by atoms with Gasteiger partial charge in [-0.05, 0) is 6.07 Å². The summed E-state index contributed by atoms with van der Waals surface area (Å²) in [4.78, 5) is 15.0. The molecule has 88 valence electrons. The highest BCUT2D eigenvalue weighted by molar-refractivity contribution is 5.74. The van der Waals surface area contributed by atoms with Crippen molar-refractivity contribution in [1.29, 1.82) is 0 Å². The summed E-state index contributed by atoms with van der Waals surface area (Å²) in [5.74, 6) is -0.895. The second-order valence-corrected chi connectivity index (χ2v) is 3.01. The Hall–Kier alpha value is -1.66. The van der Waals surface area contributed by atoms with Crippen LogP contribution >= 0.6 is 0 Å². The number of primary amides is 1. The number of halogens is 1. The maximum absolute atomic E-state index is 13.5. The van der Waals surface area contributed by atoms with Gasteiger partial charge in [0.2, 0.25) is 5.91 Å². The second kappa shape index (κ2) is 6.04. The number of hydrogen-bond acceptors (Lipinski definition) is 4. The van der Waals surface area contributed by atoms with Gasteiger partial charge in [0.15, 0.2) is 11.6 Å². The van der Waals surface area contributed by atoms with Crippen LogP contribution in [0.5, 0.6) is 5.75 Å². The molecule has 0 saturated heterocycles. The van der Waals surface area contributed by atoms with E-state index in [1.165, 1.54) is 13.2 Å². The molecule has 5 nitrogen and oxygen atoms in total. The topological polar surface area (TPSA) is 73.6 Å². The second-order valence-electron chi connectivity index (χ2n) is 3.01. The predicted octanol–water partition coefficient (Wildman–Crippen LogP) is 0.341. The molecule has 0 heterocycles. The zero-order chi connectivity index (χ0) is 12.0. The Kier molecular flexibility index (Phi) is 4.68. The van der Waals surface area contributed by atoms with E-state index >= 15 is 0 Å². The molecule has 0 radical (unpaired) electrons. The van der Waals surface area contributed by atoms with E-state index < -0.39 is 11.7 Å². The smallest absolute Gasteiger partial charge is 0.245 e. The molecule has 1 amide bonds. The summed E-state index contributed by atoms with van der Waals surface area (Å²) in [6.07, 6.45) is 0. The molecule has 1 rings (SSSR count). The molecule has 0 aromatic heterocycles. The molecule has 0 bridgehead atoms. The maximum Gasteiger partial charge on any atom is 0.245 e. The molecule has 6 heteroatoms. The van der Waals surface area contributed by atoms with Gasteiger partial charge in [0, 0.05) is 12.1 Å². The first kappa shape index (κ1) is 12.4. The lowest BCUT2D eigenvalue weighted by molar-refractivity contribution is -0.125. The van der Waals surface area contributed by atoms with Gasteiger partial charge in [-0.2, -0.15) is 5.48 Å². The fraction of sp³-hybridized carbons (Fsp3) is 0.300. The molecule has 0 saturated carbocycles. The molecule has 3 N–H and O–H groups in total. The Bertz CT molecular complexity index is 371. The minimum atomic E-state index is -0.599. The van der Waals surface area contributed by atoms with Gasteiger partial charge in [0.25, 0.3) is 0 Å². The number of hydrogen-bond donors (Lipinski definition) is 2. The number of rotatable bonds is 6. The molecule has 0 aliphatic heterocycles. The number of carbonyl (C=O) groups excluding carboxylic acids is 1. The fourth-order valence-corrected chi connectivity index (χ4v) is 1.10. The molecular weight excluding hydrogens is 215 g/mol. The first-order valence-electron chi connectivity index (χ1n) is 4.59. The molecule has 0 atom stereocenters. The third-order valence-corrected chi connectivity index (χ3v) is 1.84. The average Bonchev–Trinajstić information content (AvgIpc) is 2.26. The normalized spacial score (nSPS) is 10.1. The quantitative estimate of drug-likeness (QED) is 0.544. The average molecular weight is 228 g/mol. The van der Waals surface area contributed by atoms with E-state index in [0.29, 0.717) is 5.56 Å². The molecule has 16 heavy (non-hydrogen) atoms. The molecule has 1 aromatic carbocycles. The summed E-state index contributed by atoms with van der Waals surface area (Å²) in [5, 5.41) is 0. The summed E-state index contributed by atoms with van der Waals surface area (Å²) in [6.45, 7) is -0.137. The number of amides is 1. The summed E-state index contributed by atoms with van der Waals surface area (Å²) in [6, 6.07) is 4.76. The predicted molar refractivity (Wildman–Crippen MR) is 54.9 cm³/mol. The fourth-order valence-electron chi connectivity index (χ4n) is 1.10. The van der Waals surface area contributed by atoms with Gasteiger partial charge in [-0.3, -0.25) is 9.63 Å². The van der Waals surface area contributed by atoms with Crippen LogP contribution in [0.25, 0.3) is 0 Å². The Morgan fingerprint density at radius 3 is 2.94 bits per heavy atom. The van der Waals surface area contributed by atoms with Crippen LogP contribution in [0.2, 0.25) is 0 Å². The lowest BCUT2D eigenvalue weighted by Crippen LogP contribution is -2.24. The minimum absolute atomic E-state index is 0.121. The van der Waals surface area contributed by atoms with Crippen molar-refractivity contribution in [2.45, 2.75) is 6.54 Å². The zero-order valence-corrected chi connectivity index (χ0v) is 8.83. The van der Waals surface area contributed by atoms with Crippen LogP contribution in [0.4, 0.5) is 4.39 Å². The van der Waals surface area contributed by atoms with Gasteiger partial charge in [0.1, 0.15) is 6.61 Å². The first-order valence-corrected chi connectivity index (χ1v) is 4.59. The van der Waals surface area contributed by atoms with Crippen LogP contribution in [0.15, 0.2) is 18.2 Å². The van der Waals surface area contributed by atoms with Crippen LogP contribution < -0.4 is 16.0 Å². The summed E-state index contributed by atoms with van der Waals surface area (Å²) in [7, 11) is 1.39. The summed E-state index contributed by atoms with van der Waals surface area (Å²) >= 11 is 0. The summed E-state index contributed by atoms with van der Waals surface area (Å²) in [5.41, 5.74) is 7.66. The van der Waals surface area contributed by atoms with Crippen molar-refractivity contribution in [3.8, 4) is 5.75 Å². The van der Waals surface area contributed by atoms with Gasteiger partial charge in [-0.1, -0.05) is 12.1 Å². The Labute approximate surface area is 92.3 Å². The lowest BCUT2D eigenvalue weighted by atomic mass is 10.2. The standard InChI is InChI=1S/C10H13FN2O3/c1-15-8-4-2-3-7(10(8)11)5-13-16-6-9(12)14/h2-4,13H,5-6H2,1H3,(H2,12,14). The lowest BCUT2D eigenvalue weighted by Gasteiger charge is -2.08. The monoisotopic (exact) mass is 228 g/mol. The molecule has 0 fully saturated rings. The highest BCUT2D eigenvalue weighted by Crippen LogP contribution is 2.19. The van der Waals surface area contributed by atoms with E-state index in [1.54, 1.807) is 12.1 Å². The number of nitrogens with two attached hydrogens (primary N) is 1.